The summed E-state index contributed by atoms with van der Waals surface area (Å²) in [4.78, 5) is 2.49. The minimum absolute atomic E-state index is 0.648. The van der Waals surface area contributed by atoms with Crippen LogP contribution in [0.2, 0.25) is 0 Å². The summed E-state index contributed by atoms with van der Waals surface area (Å²) < 4.78 is 0. The quantitative estimate of drug-likeness (QED) is 0.551. The van der Waals surface area contributed by atoms with Crippen molar-refractivity contribution in [2.75, 3.05) is 39.3 Å². The zero-order valence-corrected chi connectivity index (χ0v) is 6.97. The van der Waals surface area contributed by atoms with Crippen molar-refractivity contribution >= 4 is 0 Å². The zero-order valence-electron chi connectivity index (χ0n) is 6.97. The smallest absolute Gasteiger partial charge is 0.0105 e. The zero-order chi connectivity index (χ0) is 7.73. The molecule has 0 aromatic carbocycles. The van der Waals surface area contributed by atoms with Gasteiger partial charge in [-0.1, -0.05) is 0 Å². The molecule has 0 atom stereocenters. The Labute approximate surface area is 67.9 Å². The van der Waals surface area contributed by atoms with Crippen molar-refractivity contribution in [3.8, 4) is 0 Å². The maximum absolute atomic E-state index is 5.50. The number of rotatable bonds is 2. The summed E-state index contributed by atoms with van der Waals surface area (Å²) in [6, 6.07) is 0. The summed E-state index contributed by atoms with van der Waals surface area (Å²) in [7, 11) is 0. The maximum atomic E-state index is 5.50. The van der Waals surface area contributed by atoms with E-state index in [1.54, 1.807) is 0 Å². The van der Waals surface area contributed by atoms with Crippen molar-refractivity contribution in [1.82, 2.24) is 10.2 Å². The first-order valence-corrected chi connectivity index (χ1v) is 4.48. The summed E-state index contributed by atoms with van der Waals surface area (Å²) >= 11 is 0. The van der Waals surface area contributed by atoms with Gasteiger partial charge in [0.2, 0.25) is 0 Å². The Morgan fingerprint density at radius 2 is 2.27 bits per heavy atom. The van der Waals surface area contributed by atoms with Gasteiger partial charge in [-0.3, -0.25) is 0 Å². The number of likely N-dealkylation sites (tertiary alicyclic amines) is 1. The van der Waals surface area contributed by atoms with E-state index in [1.807, 2.05) is 0 Å². The van der Waals surface area contributed by atoms with Crippen molar-refractivity contribution in [3.05, 3.63) is 0 Å². The summed E-state index contributed by atoms with van der Waals surface area (Å²) in [5.74, 6) is 0. The molecule has 2 aliphatic rings. The van der Waals surface area contributed by atoms with Gasteiger partial charge in [0, 0.05) is 38.1 Å². The second kappa shape index (κ2) is 2.73. The first-order valence-electron chi connectivity index (χ1n) is 4.48. The van der Waals surface area contributed by atoms with Crippen molar-refractivity contribution in [3.63, 3.8) is 0 Å². The van der Waals surface area contributed by atoms with E-state index in [-0.39, 0.29) is 0 Å². The highest BCUT2D eigenvalue weighted by atomic mass is 15.2. The minimum Gasteiger partial charge on any atom is -0.329 e. The van der Waals surface area contributed by atoms with Crippen LogP contribution in [-0.2, 0) is 0 Å². The van der Waals surface area contributed by atoms with Crippen molar-refractivity contribution in [1.29, 1.82) is 0 Å². The van der Waals surface area contributed by atoms with Gasteiger partial charge < -0.3 is 16.0 Å². The Bertz CT molecular complexity index is 142. The van der Waals surface area contributed by atoms with E-state index >= 15 is 0 Å². The van der Waals surface area contributed by atoms with E-state index in [0.717, 1.165) is 13.1 Å². The van der Waals surface area contributed by atoms with Crippen LogP contribution in [0, 0.1) is 5.41 Å². The average Bonchev–Trinajstić information content (AvgIpc) is 2.32. The standard InChI is InChI=1S/C8H17N3/c9-2-4-11-3-1-8(7-11)5-10-6-8/h10H,1-7,9H2. The van der Waals surface area contributed by atoms with Crippen LogP contribution in [0.25, 0.3) is 0 Å². The molecule has 0 saturated carbocycles. The van der Waals surface area contributed by atoms with Gasteiger partial charge in [-0.25, -0.2) is 0 Å². The highest BCUT2D eigenvalue weighted by Crippen LogP contribution is 2.33. The third kappa shape index (κ3) is 1.28. The predicted molar refractivity (Wildman–Crippen MR) is 45.4 cm³/mol. The molecule has 2 saturated heterocycles. The number of nitrogens with one attached hydrogen (secondary N) is 1. The van der Waals surface area contributed by atoms with Crippen molar-refractivity contribution in [2.45, 2.75) is 6.42 Å². The highest BCUT2D eigenvalue weighted by molar-refractivity contribution is 4.99. The van der Waals surface area contributed by atoms with E-state index in [0.29, 0.717) is 5.41 Å². The van der Waals surface area contributed by atoms with Crippen molar-refractivity contribution < 1.29 is 0 Å². The van der Waals surface area contributed by atoms with Gasteiger partial charge in [0.25, 0.3) is 0 Å². The van der Waals surface area contributed by atoms with Crippen LogP contribution < -0.4 is 11.1 Å². The second-order valence-electron chi connectivity index (χ2n) is 3.92. The SMILES string of the molecule is NCCN1CCC2(CNC2)C1. The van der Waals surface area contributed by atoms with Gasteiger partial charge in [0.05, 0.1) is 0 Å². The molecule has 3 heteroatoms. The van der Waals surface area contributed by atoms with E-state index in [9.17, 15) is 0 Å². The molecule has 3 N–H and O–H groups in total. The summed E-state index contributed by atoms with van der Waals surface area (Å²) in [5, 5.41) is 3.35. The average molecular weight is 155 g/mol. The number of nitrogens with zero attached hydrogens (tertiary/aromatic N) is 1. The van der Waals surface area contributed by atoms with Gasteiger partial charge in [-0.05, 0) is 13.0 Å². The minimum atomic E-state index is 0.648. The van der Waals surface area contributed by atoms with Gasteiger partial charge in [-0.2, -0.15) is 0 Å². The molecule has 0 amide bonds. The molecule has 0 aromatic heterocycles. The molecule has 2 rings (SSSR count). The third-order valence-corrected chi connectivity index (χ3v) is 2.96. The van der Waals surface area contributed by atoms with Gasteiger partial charge >= 0.3 is 0 Å². The fraction of sp³-hybridized carbons (Fsp3) is 1.00. The third-order valence-electron chi connectivity index (χ3n) is 2.96. The molecule has 0 unspecified atom stereocenters. The largest absolute Gasteiger partial charge is 0.329 e. The molecule has 11 heavy (non-hydrogen) atoms. The van der Waals surface area contributed by atoms with Gasteiger partial charge in [0.1, 0.15) is 0 Å². The number of hydrogen-bond donors (Lipinski definition) is 2. The Balaban J connectivity index is 1.83. The molecule has 0 aliphatic carbocycles. The first kappa shape index (κ1) is 7.53. The maximum Gasteiger partial charge on any atom is 0.0105 e. The van der Waals surface area contributed by atoms with Crippen LogP contribution in [0.3, 0.4) is 0 Å². The van der Waals surface area contributed by atoms with Gasteiger partial charge in [-0.15, -0.1) is 0 Å². The molecule has 64 valence electrons. The molecular weight excluding hydrogens is 138 g/mol. The lowest BCUT2D eigenvalue weighted by Crippen LogP contribution is -2.54. The van der Waals surface area contributed by atoms with Crippen LogP contribution in [-0.4, -0.2) is 44.2 Å². The highest BCUT2D eigenvalue weighted by Gasteiger charge is 2.42. The van der Waals surface area contributed by atoms with Crippen molar-refractivity contribution in [2.24, 2.45) is 11.1 Å². The van der Waals surface area contributed by atoms with E-state index < -0.39 is 0 Å². The van der Waals surface area contributed by atoms with Crippen LogP contribution in [0.5, 0.6) is 0 Å². The lowest BCUT2D eigenvalue weighted by Gasteiger charge is -2.39. The molecule has 0 bridgehead atoms. The first-order chi connectivity index (χ1) is 5.35. The molecule has 2 fully saturated rings. The van der Waals surface area contributed by atoms with Crippen LogP contribution in [0.4, 0.5) is 0 Å². The lowest BCUT2D eigenvalue weighted by atomic mass is 9.81. The van der Waals surface area contributed by atoms with Crippen LogP contribution in [0.1, 0.15) is 6.42 Å². The van der Waals surface area contributed by atoms with Crippen LogP contribution in [0.15, 0.2) is 0 Å². The Hall–Kier alpha value is -0.120. The number of hydrogen-bond acceptors (Lipinski definition) is 3. The molecular formula is C8H17N3. The fourth-order valence-corrected chi connectivity index (χ4v) is 2.17. The summed E-state index contributed by atoms with van der Waals surface area (Å²) in [6.45, 7) is 6.89. The fourth-order valence-electron chi connectivity index (χ4n) is 2.17. The Morgan fingerprint density at radius 3 is 2.73 bits per heavy atom. The normalized spacial score (nSPS) is 29.2. The Kier molecular flexibility index (Phi) is 1.87. The molecule has 3 nitrogen and oxygen atoms in total. The molecule has 0 radical (unpaired) electrons. The van der Waals surface area contributed by atoms with E-state index in [2.05, 4.69) is 10.2 Å². The van der Waals surface area contributed by atoms with Crippen LogP contribution >= 0.6 is 0 Å². The Morgan fingerprint density at radius 1 is 1.45 bits per heavy atom. The topological polar surface area (TPSA) is 41.3 Å². The van der Waals surface area contributed by atoms with Gasteiger partial charge in [0.15, 0.2) is 0 Å². The molecule has 2 heterocycles. The predicted octanol–water partition coefficient (Wildman–Crippen LogP) is -0.760. The second-order valence-corrected chi connectivity index (χ2v) is 3.92. The lowest BCUT2D eigenvalue weighted by molar-refractivity contribution is 0.170. The van der Waals surface area contributed by atoms with E-state index in [4.69, 9.17) is 5.73 Å². The molecule has 1 spiro atoms. The molecule has 0 aromatic rings. The number of nitrogens with two attached hydrogens (primary N) is 1. The summed E-state index contributed by atoms with van der Waals surface area (Å²) in [5.41, 5.74) is 6.15. The molecule has 2 aliphatic heterocycles. The van der Waals surface area contributed by atoms with E-state index in [1.165, 1.54) is 32.6 Å². The monoisotopic (exact) mass is 155 g/mol. The summed E-state index contributed by atoms with van der Waals surface area (Å²) in [6.07, 6.45) is 1.38.